The summed E-state index contributed by atoms with van der Waals surface area (Å²) in [6, 6.07) is 0. The maximum Gasteiger partial charge on any atom is 1.00 e. The number of alkyl halides is 20. The van der Waals surface area contributed by atoms with E-state index in [2.05, 4.69) is 0 Å². The molecule has 0 aliphatic carbocycles. The second-order valence-corrected chi connectivity index (χ2v) is 7.34. The second kappa shape index (κ2) is 9.41. The van der Waals surface area contributed by atoms with E-state index in [0.717, 1.165) is 0 Å². The topological polar surface area (TPSA) is 57.2 Å². The molecule has 0 fully saturated rings. The summed E-state index contributed by atoms with van der Waals surface area (Å²) in [7, 11) is -8.29. The van der Waals surface area contributed by atoms with Crippen molar-refractivity contribution in [2.75, 3.05) is 0 Å². The summed E-state index contributed by atoms with van der Waals surface area (Å²) in [5.74, 6) is -70.8. The Balaban J connectivity index is 0. The van der Waals surface area contributed by atoms with E-state index < -0.39 is 69.2 Å². The van der Waals surface area contributed by atoms with Crippen LogP contribution in [-0.4, -0.2) is 72.0 Å². The van der Waals surface area contributed by atoms with Crippen molar-refractivity contribution in [2.24, 2.45) is 0 Å². The quantitative estimate of drug-likeness (QED) is 0.215. The van der Waals surface area contributed by atoms with Crippen LogP contribution in [-0.2, 0) is 10.1 Å². The summed E-state index contributed by atoms with van der Waals surface area (Å²) < 4.78 is 288. The minimum Gasteiger partial charge on any atom is -0.743 e. The van der Waals surface area contributed by atoms with Crippen molar-refractivity contribution in [3.05, 3.63) is 0 Å². The molecule has 0 aliphatic rings. The van der Waals surface area contributed by atoms with Crippen molar-refractivity contribution >= 4 is 10.1 Å². The van der Waals surface area contributed by atoms with Crippen molar-refractivity contribution in [1.29, 1.82) is 0 Å². The van der Waals surface area contributed by atoms with E-state index in [4.69, 9.17) is 0 Å². The summed E-state index contributed by atoms with van der Waals surface area (Å²) in [4.78, 5) is 0. The average Bonchev–Trinajstić information content (AvgIpc) is 2.58. The Morgan fingerprint density at radius 2 is 0.657 bits per heavy atom. The van der Waals surface area contributed by atoms with E-state index in [0.29, 0.717) is 0 Å². The molecule has 0 bridgehead atoms. The molecular formula is C10HF20KO3S. The number of hydrogen-bond acceptors (Lipinski definition) is 3. The van der Waals surface area contributed by atoms with Crippen LogP contribution in [0.2, 0.25) is 0 Å². The molecule has 0 atom stereocenters. The zero-order valence-corrected chi connectivity index (χ0v) is 19.2. The molecule has 0 saturated carbocycles. The Morgan fingerprint density at radius 3 is 0.857 bits per heavy atom. The Bertz CT molecular complexity index is 880. The minimum atomic E-state index is -9.26. The van der Waals surface area contributed by atoms with E-state index in [1.54, 1.807) is 0 Å². The molecule has 0 heterocycles. The second-order valence-electron chi connectivity index (χ2n) is 5.92. The number of hydrogen-bond donors (Lipinski definition) is 0. The van der Waals surface area contributed by atoms with Crippen LogP contribution >= 0.6 is 0 Å². The van der Waals surface area contributed by atoms with Gasteiger partial charge in [-0.3, -0.25) is 0 Å². The standard InChI is InChI=1S/C10H2F20O3S.K/c11-1(12)2(13,14)3(15,16)4(17,18)5(19,20)6(21,22)7(23,24)8(25,26)9(27,28)10(29,30)34(31,32)33;/h1H,(H,31,32,33);/q;+1/p-1. The predicted molar refractivity (Wildman–Crippen MR) is 60.2 cm³/mol. The molecule has 0 spiro atoms. The number of rotatable bonds is 10. The molecule has 0 amide bonds. The van der Waals surface area contributed by atoms with Crippen LogP contribution in [0.25, 0.3) is 0 Å². The smallest absolute Gasteiger partial charge is 0.743 e. The number of halogens is 20. The van der Waals surface area contributed by atoms with Gasteiger partial charge in [0.05, 0.1) is 0 Å². The summed E-state index contributed by atoms with van der Waals surface area (Å²) in [5.41, 5.74) is 0. The van der Waals surface area contributed by atoms with Crippen molar-refractivity contribution in [3.8, 4) is 0 Å². The molecule has 0 rings (SSSR count). The molecule has 3 nitrogen and oxygen atoms in total. The van der Waals surface area contributed by atoms with Crippen LogP contribution in [0.15, 0.2) is 0 Å². The van der Waals surface area contributed by atoms with Gasteiger partial charge in [-0.2, -0.15) is 79.0 Å². The van der Waals surface area contributed by atoms with Gasteiger partial charge in [0.1, 0.15) is 0 Å². The van der Waals surface area contributed by atoms with Crippen molar-refractivity contribution in [1.82, 2.24) is 0 Å². The van der Waals surface area contributed by atoms with E-state index >= 15 is 0 Å². The fourth-order valence-electron chi connectivity index (χ4n) is 1.67. The zero-order valence-electron chi connectivity index (χ0n) is 15.3. The molecule has 0 aromatic rings. The third-order valence-corrected chi connectivity index (χ3v) is 4.62. The first-order valence-corrected chi connectivity index (χ1v) is 8.24. The van der Waals surface area contributed by atoms with Crippen LogP contribution in [0.1, 0.15) is 0 Å². The molecule has 0 saturated heterocycles. The van der Waals surface area contributed by atoms with E-state index in [1.807, 2.05) is 0 Å². The fourth-order valence-corrected chi connectivity index (χ4v) is 2.11. The molecule has 0 radical (unpaired) electrons. The van der Waals surface area contributed by atoms with Crippen molar-refractivity contribution in [3.63, 3.8) is 0 Å². The van der Waals surface area contributed by atoms with Crippen LogP contribution < -0.4 is 51.4 Å². The fraction of sp³-hybridized carbons (Fsp3) is 1.00. The Labute approximate surface area is 220 Å². The SMILES string of the molecule is O=S(=O)([O-])C(F)(F)C(F)(F)C(F)(F)C(F)(F)C(F)(F)C(F)(F)C(F)(F)C(F)(F)C(F)(F)C(F)F.[K+]. The van der Waals surface area contributed by atoms with Gasteiger partial charge >= 0.3 is 110 Å². The molecular weight excluding hydrogens is 619 g/mol. The van der Waals surface area contributed by atoms with Crippen molar-refractivity contribution in [2.45, 2.75) is 59.1 Å². The van der Waals surface area contributed by atoms with Gasteiger partial charge in [-0.05, 0) is 0 Å². The van der Waals surface area contributed by atoms with Gasteiger partial charge in [-0.1, -0.05) is 0 Å². The molecule has 25 heteroatoms. The van der Waals surface area contributed by atoms with Gasteiger partial charge in [-0.15, -0.1) is 0 Å². The van der Waals surface area contributed by atoms with E-state index in [-0.39, 0.29) is 51.4 Å². The largest absolute Gasteiger partial charge is 1.00 e. The maximum absolute atomic E-state index is 13.3. The van der Waals surface area contributed by atoms with Gasteiger partial charge in [0.2, 0.25) is 0 Å². The normalized spacial score (nSPS) is 16.4. The predicted octanol–water partition coefficient (Wildman–Crippen LogP) is 2.48. The van der Waals surface area contributed by atoms with E-state index in [1.165, 1.54) is 0 Å². The summed E-state index contributed by atoms with van der Waals surface area (Å²) in [6.45, 7) is 0. The average molecular weight is 620 g/mol. The van der Waals surface area contributed by atoms with Gasteiger partial charge < -0.3 is 4.55 Å². The molecule has 0 aliphatic heterocycles. The summed E-state index contributed by atoms with van der Waals surface area (Å²) in [5, 5.41) is -8.12. The zero-order chi connectivity index (χ0) is 28.6. The van der Waals surface area contributed by atoms with Gasteiger partial charge in [-0.25, -0.2) is 17.2 Å². The van der Waals surface area contributed by atoms with Crippen LogP contribution in [0.5, 0.6) is 0 Å². The van der Waals surface area contributed by atoms with Crippen molar-refractivity contribution < 1.29 is 152 Å². The first kappa shape index (κ1) is 37.3. The Morgan fingerprint density at radius 1 is 0.457 bits per heavy atom. The first-order chi connectivity index (χ1) is 14.2. The van der Waals surface area contributed by atoms with Gasteiger partial charge in [0.15, 0.2) is 10.1 Å². The third kappa shape index (κ3) is 4.65. The third-order valence-electron chi connectivity index (χ3n) is 3.74. The first-order valence-electron chi connectivity index (χ1n) is 6.83. The molecule has 35 heavy (non-hydrogen) atoms. The van der Waals surface area contributed by atoms with Crippen LogP contribution in [0, 0.1) is 0 Å². The maximum atomic E-state index is 13.3. The molecule has 0 N–H and O–H groups in total. The van der Waals surface area contributed by atoms with Gasteiger partial charge in [0.25, 0.3) is 0 Å². The molecule has 206 valence electrons. The van der Waals surface area contributed by atoms with Crippen LogP contribution in [0.4, 0.5) is 87.8 Å². The Kier molecular flexibility index (Phi) is 10.0. The van der Waals surface area contributed by atoms with Gasteiger partial charge in [0, 0.05) is 0 Å². The summed E-state index contributed by atoms with van der Waals surface area (Å²) >= 11 is 0. The monoisotopic (exact) mass is 620 g/mol. The summed E-state index contributed by atoms with van der Waals surface area (Å²) in [6.07, 6.45) is -6.18. The molecule has 0 aromatic heterocycles. The Hall–Kier alpha value is 0.146. The van der Waals surface area contributed by atoms with Crippen LogP contribution in [0.3, 0.4) is 0 Å². The molecule has 0 unspecified atom stereocenters. The molecule has 0 aromatic carbocycles. The minimum absolute atomic E-state index is 0. The van der Waals surface area contributed by atoms with E-state index in [9.17, 15) is 101 Å².